The van der Waals surface area contributed by atoms with Gasteiger partial charge in [0, 0.05) is 10.8 Å². The Morgan fingerprint density at radius 3 is 1.20 bits per heavy atom. The summed E-state index contributed by atoms with van der Waals surface area (Å²) in [5.41, 5.74) is -3.61. The summed E-state index contributed by atoms with van der Waals surface area (Å²) in [7, 11) is -10.2. The van der Waals surface area contributed by atoms with Crippen molar-refractivity contribution in [3.8, 4) is 34.1 Å². The first-order valence-electron chi connectivity index (χ1n) is 15.2. The molecule has 0 aliphatic carbocycles. The Labute approximate surface area is 310 Å². The topological polar surface area (TPSA) is 217 Å². The highest BCUT2D eigenvalue weighted by Gasteiger charge is 2.34. The van der Waals surface area contributed by atoms with Crippen molar-refractivity contribution in [3.05, 3.63) is 97.1 Å². The molecule has 290 valence electrons. The van der Waals surface area contributed by atoms with E-state index >= 15 is 0 Å². The maximum absolute atomic E-state index is 13.5. The number of nitrogens with zero attached hydrogens (tertiary/aromatic N) is 4. The summed E-state index contributed by atoms with van der Waals surface area (Å²) in [6.07, 6.45) is -10.8. The van der Waals surface area contributed by atoms with Crippen molar-refractivity contribution in [2.24, 2.45) is 20.5 Å². The van der Waals surface area contributed by atoms with E-state index in [9.17, 15) is 62.5 Å². The molecule has 0 fully saturated rings. The third-order valence-corrected chi connectivity index (χ3v) is 9.43. The van der Waals surface area contributed by atoms with Gasteiger partial charge in [0.1, 0.15) is 32.5 Å². The monoisotopic (exact) mass is 822 g/mol. The predicted octanol–water partition coefficient (Wildman–Crippen LogP) is 10.2. The van der Waals surface area contributed by atoms with Gasteiger partial charge in [0.05, 0.1) is 0 Å². The summed E-state index contributed by atoms with van der Waals surface area (Å²) in [6, 6.07) is 18.5. The molecule has 6 aromatic rings. The molecule has 0 bridgehead atoms. The third-order valence-electron chi connectivity index (χ3n) is 7.70. The highest BCUT2D eigenvalue weighted by Crippen LogP contribution is 2.46. The van der Waals surface area contributed by atoms with Gasteiger partial charge >= 0.3 is 12.7 Å². The van der Waals surface area contributed by atoms with Gasteiger partial charge in [-0.1, -0.05) is 60.7 Å². The molecule has 0 aliphatic heterocycles. The van der Waals surface area contributed by atoms with E-state index in [-0.39, 0.29) is 32.7 Å². The Balaban J connectivity index is 1.44. The fraction of sp³-hybridized carbons (Fsp3) is 0.0588. The summed E-state index contributed by atoms with van der Waals surface area (Å²) >= 11 is 0. The summed E-state index contributed by atoms with van der Waals surface area (Å²) in [4.78, 5) is -1.88. The van der Waals surface area contributed by atoms with Gasteiger partial charge in [-0.2, -0.15) is 16.8 Å². The summed E-state index contributed by atoms with van der Waals surface area (Å²) in [6.45, 7) is 0. The minimum absolute atomic E-state index is 0.0451. The molecule has 0 unspecified atom stereocenters. The van der Waals surface area contributed by atoms with Crippen molar-refractivity contribution in [2.45, 2.75) is 22.5 Å². The highest BCUT2D eigenvalue weighted by atomic mass is 32.2. The summed E-state index contributed by atoms with van der Waals surface area (Å²) < 4.78 is 157. The fourth-order valence-electron chi connectivity index (χ4n) is 5.34. The van der Waals surface area contributed by atoms with E-state index in [1.807, 2.05) is 0 Å². The number of phenols is 2. The lowest BCUT2D eigenvalue weighted by molar-refractivity contribution is -0.275. The number of benzene rings is 6. The molecule has 0 aromatic heterocycles. The highest BCUT2D eigenvalue weighted by molar-refractivity contribution is 7.86. The van der Waals surface area contributed by atoms with Crippen molar-refractivity contribution in [2.75, 3.05) is 0 Å². The van der Waals surface area contributed by atoms with E-state index in [1.54, 1.807) is 0 Å². The van der Waals surface area contributed by atoms with Gasteiger partial charge in [0.15, 0.2) is 23.0 Å². The number of phenolic OH excluding ortho intramolecular Hbond substituents is 2. The van der Waals surface area contributed by atoms with Gasteiger partial charge in [-0.25, -0.2) is 0 Å². The van der Waals surface area contributed by atoms with Crippen molar-refractivity contribution in [1.82, 2.24) is 0 Å². The maximum Gasteiger partial charge on any atom is 0.573 e. The van der Waals surface area contributed by atoms with E-state index in [1.165, 1.54) is 48.5 Å². The van der Waals surface area contributed by atoms with Crippen LogP contribution in [0.5, 0.6) is 23.0 Å². The molecule has 56 heavy (non-hydrogen) atoms. The van der Waals surface area contributed by atoms with Gasteiger partial charge in [-0.15, -0.1) is 46.8 Å². The molecular weight excluding hydrogens is 803 g/mol. The van der Waals surface area contributed by atoms with Gasteiger partial charge in [-0.05, 0) is 58.3 Å². The second-order valence-corrected chi connectivity index (χ2v) is 14.2. The number of aromatic hydroxyl groups is 2. The summed E-state index contributed by atoms with van der Waals surface area (Å²) in [5.74, 6) is -3.79. The van der Waals surface area contributed by atoms with Crippen LogP contribution in [0.4, 0.5) is 49.1 Å². The van der Waals surface area contributed by atoms with E-state index in [0.717, 1.165) is 36.4 Å². The van der Waals surface area contributed by atoms with Crippen LogP contribution in [0.25, 0.3) is 32.7 Å². The van der Waals surface area contributed by atoms with Crippen LogP contribution < -0.4 is 9.47 Å². The van der Waals surface area contributed by atoms with Crippen LogP contribution in [-0.4, -0.2) is 48.9 Å². The quantitative estimate of drug-likeness (QED) is 0.0614. The van der Waals surface area contributed by atoms with E-state index in [4.69, 9.17) is 0 Å². The zero-order valence-electron chi connectivity index (χ0n) is 27.3. The van der Waals surface area contributed by atoms with Crippen LogP contribution in [0, 0.1) is 0 Å². The number of azo groups is 2. The average Bonchev–Trinajstić information content (AvgIpc) is 3.09. The van der Waals surface area contributed by atoms with Crippen LogP contribution >= 0.6 is 0 Å². The van der Waals surface area contributed by atoms with Crippen molar-refractivity contribution < 1.29 is 72.0 Å². The van der Waals surface area contributed by atoms with Gasteiger partial charge in [0.25, 0.3) is 20.2 Å². The molecule has 0 saturated heterocycles. The zero-order chi connectivity index (χ0) is 40.8. The van der Waals surface area contributed by atoms with E-state index in [0.29, 0.717) is 12.1 Å². The van der Waals surface area contributed by atoms with Crippen LogP contribution in [0.3, 0.4) is 0 Å². The Kier molecular flexibility index (Phi) is 10.1. The summed E-state index contributed by atoms with van der Waals surface area (Å²) in [5, 5.41) is 36.3. The van der Waals surface area contributed by atoms with Crippen LogP contribution in [0.2, 0.25) is 0 Å². The number of rotatable bonds is 9. The first-order chi connectivity index (χ1) is 26.1. The predicted molar refractivity (Wildman–Crippen MR) is 184 cm³/mol. The third kappa shape index (κ3) is 8.62. The molecule has 6 aromatic carbocycles. The number of halogens is 6. The van der Waals surface area contributed by atoms with Crippen LogP contribution in [0.1, 0.15) is 0 Å². The largest absolute Gasteiger partial charge is 0.573 e. The van der Waals surface area contributed by atoms with Gasteiger partial charge in [0.2, 0.25) is 0 Å². The molecule has 0 radical (unpaired) electrons. The van der Waals surface area contributed by atoms with Crippen molar-refractivity contribution >= 4 is 64.5 Å². The number of alkyl halides is 6. The minimum atomic E-state index is -5.38. The van der Waals surface area contributed by atoms with E-state index < -0.39 is 88.5 Å². The molecular formula is C34H20F6N4O10S2. The van der Waals surface area contributed by atoms with Crippen molar-refractivity contribution in [3.63, 3.8) is 0 Å². The average molecular weight is 823 g/mol. The normalized spacial score (nSPS) is 12.9. The molecule has 0 heterocycles. The van der Waals surface area contributed by atoms with Crippen LogP contribution in [0.15, 0.2) is 127 Å². The number of fused-ring (bicyclic) bond motifs is 2. The Morgan fingerprint density at radius 2 is 0.857 bits per heavy atom. The Bertz CT molecular complexity index is 2640. The Hall–Kier alpha value is -6.36. The molecule has 0 aliphatic rings. The van der Waals surface area contributed by atoms with Crippen molar-refractivity contribution in [1.29, 1.82) is 0 Å². The molecule has 0 atom stereocenters. The number of ether oxygens (including phenoxy) is 2. The SMILES string of the molecule is O=S(=O)(O)c1cc2ccccc2c(O)c1/N=N/c1ccc(-c2ccc(/N=N/c3c(S(=O)(=O)O)cc4ccccc4c3O)c(OC(F)(F)F)c2)cc1OC(F)(F)F. The fourth-order valence-corrected chi connectivity index (χ4v) is 6.66. The maximum atomic E-state index is 13.5. The molecule has 4 N–H and O–H groups in total. The second kappa shape index (κ2) is 14.4. The molecule has 0 saturated carbocycles. The lowest BCUT2D eigenvalue weighted by Gasteiger charge is -2.15. The molecule has 6 rings (SSSR count). The first-order valence-corrected chi connectivity index (χ1v) is 18.0. The standard InChI is InChI=1S/C34H20F6N4O10S2/c35-33(36,37)53-25-13-17(9-11-23(25)41-43-29-27(55(47,48)49)15-19-5-1-3-7-21(19)31(29)45)18-10-12-24(26(14-18)54-34(38,39)40)42-44-30-28(56(50,51)52)16-20-6-2-4-8-22(20)32(30)46/h1-16,45-46H,(H,47,48,49)(H,50,51,52)/b43-41+,44-42+. The Morgan fingerprint density at radius 1 is 0.500 bits per heavy atom. The lowest BCUT2D eigenvalue weighted by Crippen LogP contribution is -2.17. The molecule has 14 nitrogen and oxygen atoms in total. The minimum Gasteiger partial charge on any atom is -0.505 e. The smallest absolute Gasteiger partial charge is 0.505 e. The van der Waals surface area contributed by atoms with Gasteiger partial charge < -0.3 is 19.7 Å². The van der Waals surface area contributed by atoms with Gasteiger partial charge in [-0.3, -0.25) is 9.11 Å². The first kappa shape index (κ1) is 39.3. The van der Waals surface area contributed by atoms with E-state index in [2.05, 4.69) is 29.9 Å². The van der Waals surface area contributed by atoms with Crippen LogP contribution in [-0.2, 0) is 20.2 Å². The molecule has 0 amide bonds. The molecule has 22 heteroatoms. The number of hydrogen-bond donors (Lipinski definition) is 4. The molecule has 0 spiro atoms. The lowest BCUT2D eigenvalue weighted by atomic mass is 10.0. The second-order valence-electron chi connectivity index (χ2n) is 11.4. The zero-order valence-corrected chi connectivity index (χ0v) is 29.0. The number of hydrogen-bond acceptors (Lipinski definition) is 12.